The lowest BCUT2D eigenvalue weighted by atomic mass is 9.80. The molecule has 2 aliphatic rings. The Kier molecular flexibility index (Phi) is 3.09. The van der Waals surface area contributed by atoms with Gasteiger partial charge < -0.3 is 19.7 Å². The third kappa shape index (κ3) is 1.98. The van der Waals surface area contributed by atoms with Gasteiger partial charge >= 0.3 is 5.97 Å². The van der Waals surface area contributed by atoms with Crippen LogP contribution in [-0.2, 0) is 19.9 Å². The van der Waals surface area contributed by atoms with Gasteiger partial charge in [-0.1, -0.05) is 30.3 Å². The minimum Gasteiger partial charge on any atom is -0.508 e. The zero-order valence-corrected chi connectivity index (χ0v) is 12.6. The van der Waals surface area contributed by atoms with Crippen LogP contribution in [0.3, 0.4) is 0 Å². The van der Waals surface area contributed by atoms with Crippen molar-refractivity contribution < 1.29 is 24.5 Å². The quantitative estimate of drug-likeness (QED) is 0.832. The Hall–Kier alpha value is -3.21. The average molecular weight is 322 g/mol. The summed E-state index contributed by atoms with van der Waals surface area (Å²) < 4.78 is 11.3. The van der Waals surface area contributed by atoms with Gasteiger partial charge in [0.2, 0.25) is 5.76 Å². The molecule has 120 valence electrons. The van der Waals surface area contributed by atoms with Gasteiger partial charge in [0.05, 0.1) is 5.57 Å². The number of rotatable bonds is 2. The molecule has 0 unspecified atom stereocenters. The van der Waals surface area contributed by atoms with Crippen molar-refractivity contribution in [3.8, 4) is 11.5 Å². The summed E-state index contributed by atoms with van der Waals surface area (Å²) in [7, 11) is 0. The van der Waals surface area contributed by atoms with Crippen LogP contribution >= 0.6 is 0 Å². The van der Waals surface area contributed by atoms with Crippen LogP contribution in [0.2, 0.25) is 0 Å². The Morgan fingerprint density at radius 1 is 0.875 bits per heavy atom. The lowest BCUT2D eigenvalue weighted by molar-refractivity contribution is -0.147. The standard InChI is InChI=1S/C19H14O5/c20-14-7-3-12(4-8-14)19(13-5-9-15(21)10-6-13)16-2-1-11-23-17(16)18(22)24-19/h1-10,20-21H,11H2. The van der Waals surface area contributed by atoms with Gasteiger partial charge in [-0.3, -0.25) is 0 Å². The van der Waals surface area contributed by atoms with Crippen molar-refractivity contribution in [1.29, 1.82) is 0 Å². The molecule has 24 heavy (non-hydrogen) atoms. The minimum atomic E-state index is -1.18. The zero-order chi connectivity index (χ0) is 16.7. The van der Waals surface area contributed by atoms with Crippen LogP contribution in [-0.4, -0.2) is 22.8 Å². The van der Waals surface area contributed by atoms with E-state index in [0.717, 1.165) is 0 Å². The van der Waals surface area contributed by atoms with E-state index in [1.807, 2.05) is 12.2 Å². The Morgan fingerprint density at radius 3 is 1.96 bits per heavy atom. The number of cyclic esters (lactones) is 1. The number of benzene rings is 2. The summed E-state index contributed by atoms with van der Waals surface area (Å²) in [5.41, 5.74) is 0.791. The highest BCUT2D eigenvalue weighted by Crippen LogP contribution is 2.48. The van der Waals surface area contributed by atoms with Crippen LogP contribution in [0.15, 0.2) is 72.0 Å². The van der Waals surface area contributed by atoms with Gasteiger partial charge in [-0.25, -0.2) is 4.79 Å². The molecule has 2 aromatic carbocycles. The first-order valence-corrected chi connectivity index (χ1v) is 7.48. The first-order chi connectivity index (χ1) is 11.6. The second-order valence-electron chi connectivity index (χ2n) is 5.62. The summed E-state index contributed by atoms with van der Waals surface area (Å²) in [5, 5.41) is 19.2. The molecular formula is C19H14O5. The van der Waals surface area contributed by atoms with Gasteiger partial charge in [-0.05, 0) is 30.3 Å². The predicted molar refractivity (Wildman–Crippen MR) is 85.2 cm³/mol. The number of carbonyl (C=O) groups is 1. The molecular weight excluding hydrogens is 308 g/mol. The van der Waals surface area contributed by atoms with Crippen molar-refractivity contribution in [1.82, 2.24) is 0 Å². The molecule has 0 atom stereocenters. The van der Waals surface area contributed by atoms with E-state index in [2.05, 4.69) is 0 Å². The molecule has 0 aliphatic carbocycles. The van der Waals surface area contributed by atoms with Crippen LogP contribution in [0, 0.1) is 0 Å². The molecule has 0 spiro atoms. The van der Waals surface area contributed by atoms with Gasteiger partial charge in [0.25, 0.3) is 0 Å². The molecule has 0 amide bonds. The molecule has 0 saturated carbocycles. The van der Waals surface area contributed by atoms with Crippen molar-refractivity contribution >= 4 is 5.97 Å². The van der Waals surface area contributed by atoms with Crippen LogP contribution in [0.4, 0.5) is 0 Å². The third-order valence-corrected chi connectivity index (χ3v) is 4.21. The molecule has 2 aliphatic heterocycles. The molecule has 0 aromatic heterocycles. The number of aromatic hydroxyl groups is 2. The SMILES string of the molecule is O=C1OC(c2ccc(O)cc2)(c2ccc(O)cc2)C2=C1OCC=C2. The number of carbonyl (C=O) groups excluding carboxylic acids is 1. The van der Waals surface area contributed by atoms with Crippen molar-refractivity contribution in [2.45, 2.75) is 5.60 Å². The second-order valence-corrected chi connectivity index (χ2v) is 5.62. The number of esters is 1. The third-order valence-electron chi connectivity index (χ3n) is 4.21. The summed E-state index contributed by atoms with van der Waals surface area (Å²) in [6.45, 7) is 0.315. The monoisotopic (exact) mass is 322 g/mol. The van der Waals surface area contributed by atoms with Crippen molar-refractivity contribution in [3.63, 3.8) is 0 Å². The van der Waals surface area contributed by atoms with E-state index in [1.54, 1.807) is 24.3 Å². The van der Waals surface area contributed by atoms with E-state index in [4.69, 9.17) is 9.47 Å². The minimum absolute atomic E-state index is 0.119. The molecule has 2 aromatic rings. The summed E-state index contributed by atoms with van der Waals surface area (Å²) in [6.07, 6.45) is 3.64. The average Bonchev–Trinajstić information content (AvgIpc) is 2.91. The summed E-state index contributed by atoms with van der Waals surface area (Å²) in [6, 6.07) is 13.0. The summed E-state index contributed by atoms with van der Waals surface area (Å²) in [4.78, 5) is 12.4. The number of hydrogen-bond donors (Lipinski definition) is 2. The number of phenolic OH excluding ortho intramolecular Hbond substituents is 2. The van der Waals surface area contributed by atoms with Crippen LogP contribution in [0.1, 0.15) is 11.1 Å². The van der Waals surface area contributed by atoms with E-state index >= 15 is 0 Å². The molecule has 0 fully saturated rings. The molecule has 2 N–H and O–H groups in total. The smallest absolute Gasteiger partial charge is 0.375 e. The van der Waals surface area contributed by atoms with Gasteiger partial charge in [0.1, 0.15) is 18.1 Å². The maximum atomic E-state index is 12.4. The maximum Gasteiger partial charge on any atom is 0.375 e. The normalized spacial score (nSPS) is 18.1. The van der Waals surface area contributed by atoms with E-state index in [9.17, 15) is 15.0 Å². The van der Waals surface area contributed by atoms with Crippen LogP contribution in [0.5, 0.6) is 11.5 Å². The highest BCUT2D eigenvalue weighted by molar-refractivity contribution is 5.93. The number of phenols is 2. The molecule has 5 nitrogen and oxygen atoms in total. The molecule has 4 rings (SSSR count). The fourth-order valence-corrected chi connectivity index (χ4v) is 3.13. The first kappa shape index (κ1) is 14.4. The fraction of sp³-hybridized carbons (Fsp3) is 0.105. The largest absolute Gasteiger partial charge is 0.508 e. The van der Waals surface area contributed by atoms with E-state index < -0.39 is 11.6 Å². The Labute approximate surface area is 138 Å². The maximum absolute atomic E-state index is 12.4. The van der Waals surface area contributed by atoms with E-state index in [1.165, 1.54) is 24.3 Å². The highest BCUT2D eigenvalue weighted by Gasteiger charge is 2.51. The predicted octanol–water partition coefficient (Wildman–Crippen LogP) is 2.74. The topological polar surface area (TPSA) is 76.0 Å². The first-order valence-electron chi connectivity index (χ1n) is 7.48. The van der Waals surface area contributed by atoms with Gasteiger partial charge in [-0.2, -0.15) is 0 Å². The highest BCUT2D eigenvalue weighted by atomic mass is 16.6. The van der Waals surface area contributed by atoms with Gasteiger partial charge in [-0.15, -0.1) is 0 Å². The van der Waals surface area contributed by atoms with Gasteiger partial charge in [0.15, 0.2) is 5.60 Å². The van der Waals surface area contributed by atoms with E-state index in [-0.39, 0.29) is 17.3 Å². The summed E-state index contributed by atoms with van der Waals surface area (Å²) >= 11 is 0. The number of ether oxygens (including phenoxy) is 2. The fourth-order valence-electron chi connectivity index (χ4n) is 3.13. The van der Waals surface area contributed by atoms with Crippen molar-refractivity contribution in [2.75, 3.05) is 6.61 Å². The zero-order valence-electron chi connectivity index (χ0n) is 12.6. The molecule has 5 heteroatoms. The van der Waals surface area contributed by atoms with Crippen LogP contribution in [0.25, 0.3) is 0 Å². The van der Waals surface area contributed by atoms with Gasteiger partial charge in [0, 0.05) is 11.1 Å². The Balaban J connectivity index is 1.99. The molecule has 2 heterocycles. The van der Waals surface area contributed by atoms with Crippen molar-refractivity contribution in [3.05, 3.63) is 83.1 Å². The lowest BCUT2D eigenvalue weighted by Crippen LogP contribution is -2.30. The molecule has 0 radical (unpaired) electrons. The molecule has 0 bridgehead atoms. The molecule has 0 saturated heterocycles. The van der Waals surface area contributed by atoms with E-state index in [0.29, 0.717) is 23.3 Å². The van der Waals surface area contributed by atoms with Crippen LogP contribution < -0.4 is 0 Å². The lowest BCUT2D eigenvalue weighted by Gasteiger charge is -2.31. The summed E-state index contributed by atoms with van der Waals surface area (Å²) in [5.74, 6) is -0.101. The van der Waals surface area contributed by atoms with Crippen molar-refractivity contribution in [2.24, 2.45) is 0 Å². The second kappa shape index (κ2) is 5.16. The number of hydrogen-bond acceptors (Lipinski definition) is 5. The Bertz CT molecular complexity index is 814. The Morgan fingerprint density at radius 2 is 1.42 bits per heavy atom.